The minimum absolute atomic E-state index is 0.0556. The number of aliphatic imine (C=N–C) groups is 4. The van der Waals surface area contributed by atoms with Crippen LogP contribution in [0.3, 0.4) is 0 Å². The summed E-state index contributed by atoms with van der Waals surface area (Å²) < 4.78 is 10.6. The number of hydrogen-bond acceptors (Lipinski definition) is 4. The number of ether oxygens (including phenoxy) is 2. The van der Waals surface area contributed by atoms with Gasteiger partial charge in [0.05, 0.1) is 0 Å². The Balaban J connectivity index is 2.82. The Morgan fingerprint density at radius 2 is 1.42 bits per heavy atom. The Kier molecular flexibility index (Phi) is 8.94. The fourth-order valence-corrected chi connectivity index (χ4v) is 1.95. The molecule has 1 aromatic carbocycles. The lowest BCUT2D eigenvalue weighted by Gasteiger charge is -2.07. The largest absolute Gasteiger partial charge is 0.439 e. The summed E-state index contributed by atoms with van der Waals surface area (Å²) in [5.74, 6) is 0.556. The van der Waals surface area contributed by atoms with E-state index in [1.54, 1.807) is 18.2 Å². The predicted octanol–water partition coefficient (Wildman–Crippen LogP) is 3.68. The zero-order chi connectivity index (χ0) is 19.7. The SMILES string of the molecule is C=C(Cl)N=C(Cl)N=C(N)Oc1cccc(OC(=C)N=C(Cl)N=C(N)Cl)c1. The van der Waals surface area contributed by atoms with Crippen LogP contribution in [0.5, 0.6) is 11.5 Å². The molecule has 0 aliphatic rings. The molecule has 8 nitrogen and oxygen atoms in total. The molecule has 0 amide bonds. The number of rotatable bonds is 5. The molecule has 138 valence electrons. The quantitative estimate of drug-likeness (QED) is 0.315. The van der Waals surface area contributed by atoms with Gasteiger partial charge in [-0.25, -0.2) is 4.99 Å². The van der Waals surface area contributed by atoms with Gasteiger partial charge >= 0.3 is 0 Å². The summed E-state index contributed by atoms with van der Waals surface area (Å²) in [5, 5.41) is -0.830. The van der Waals surface area contributed by atoms with Gasteiger partial charge in [0.15, 0.2) is 5.29 Å². The molecule has 0 aromatic heterocycles. The standard InChI is InChI=1S/C14H12Cl4N6O2/c1-7(15)21-12(17)24-14(20)26-10-5-3-4-9(6-10)25-8(2)22-13(18)23-11(16)19/h3-6H,1-2H2,(H2,19,22,23)(H2,20,21,24). The molecule has 1 aromatic rings. The van der Waals surface area contributed by atoms with Gasteiger partial charge in [-0.3, -0.25) is 0 Å². The summed E-state index contributed by atoms with van der Waals surface area (Å²) in [6, 6.07) is 6.04. The first-order valence-electron chi connectivity index (χ1n) is 6.47. The first-order chi connectivity index (χ1) is 12.2. The number of nitrogens with zero attached hydrogens (tertiary/aromatic N) is 4. The zero-order valence-corrected chi connectivity index (χ0v) is 16.0. The summed E-state index contributed by atoms with van der Waals surface area (Å²) in [5.41, 5.74) is 10.8. The molecule has 0 aliphatic carbocycles. The van der Waals surface area contributed by atoms with Gasteiger partial charge in [0.2, 0.25) is 16.5 Å². The van der Waals surface area contributed by atoms with Crippen molar-refractivity contribution in [1.82, 2.24) is 0 Å². The second kappa shape index (κ2) is 10.7. The van der Waals surface area contributed by atoms with E-state index in [0.717, 1.165) is 0 Å². The highest BCUT2D eigenvalue weighted by molar-refractivity contribution is 6.71. The Morgan fingerprint density at radius 3 is 2.00 bits per heavy atom. The van der Waals surface area contributed by atoms with E-state index in [-0.39, 0.29) is 32.9 Å². The van der Waals surface area contributed by atoms with Crippen molar-refractivity contribution in [2.24, 2.45) is 31.4 Å². The Hall–Kier alpha value is -2.26. The van der Waals surface area contributed by atoms with E-state index >= 15 is 0 Å². The van der Waals surface area contributed by atoms with E-state index in [4.69, 9.17) is 67.3 Å². The van der Waals surface area contributed by atoms with Crippen LogP contribution in [-0.4, -0.2) is 21.9 Å². The van der Waals surface area contributed by atoms with Crippen molar-refractivity contribution in [3.8, 4) is 11.5 Å². The molecule has 0 heterocycles. The summed E-state index contributed by atoms with van der Waals surface area (Å²) in [6.07, 6.45) is 0. The van der Waals surface area contributed by atoms with Crippen molar-refractivity contribution in [2.45, 2.75) is 0 Å². The van der Waals surface area contributed by atoms with Crippen LogP contribution in [0.2, 0.25) is 0 Å². The monoisotopic (exact) mass is 436 g/mol. The Bertz CT molecular complexity index is 815. The van der Waals surface area contributed by atoms with E-state index in [1.165, 1.54) is 6.07 Å². The van der Waals surface area contributed by atoms with E-state index in [1.807, 2.05) is 0 Å². The van der Waals surface area contributed by atoms with Crippen molar-refractivity contribution in [3.05, 3.63) is 48.5 Å². The molecule has 0 aliphatic heterocycles. The Morgan fingerprint density at radius 1 is 0.846 bits per heavy atom. The molecule has 12 heteroatoms. The summed E-state index contributed by atoms with van der Waals surface area (Å²) in [4.78, 5) is 14.5. The Labute approximate surface area is 169 Å². The minimum Gasteiger partial charge on any atom is -0.439 e. The third-order valence-electron chi connectivity index (χ3n) is 2.10. The van der Waals surface area contributed by atoms with Crippen LogP contribution in [0.4, 0.5) is 0 Å². The second-order valence-corrected chi connectivity index (χ2v) is 5.59. The highest BCUT2D eigenvalue weighted by Gasteiger charge is 2.04. The average Bonchev–Trinajstić information content (AvgIpc) is 2.44. The number of hydrogen-bond donors (Lipinski definition) is 2. The van der Waals surface area contributed by atoms with Gasteiger partial charge in [0.25, 0.3) is 6.02 Å². The van der Waals surface area contributed by atoms with Crippen molar-refractivity contribution >= 4 is 68.3 Å². The predicted molar refractivity (Wildman–Crippen MR) is 108 cm³/mol. The lowest BCUT2D eigenvalue weighted by atomic mass is 10.3. The number of benzene rings is 1. The van der Waals surface area contributed by atoms with Gasteiger partial charge in [0, 0.05) is 6.07 Å². The van der Waals surface area contributed by atoms with Gasteiger partial charge in [-0.05, 0) is 53.5 Å². The lowest BCUT2D eigenvalue weighted by molar-refractivity contribution is 0.420. The van der Waals surface area contributed by atoms with Crippen LogP contribution in [0.1, 0.15) is 0 Å². The number of amidine groups is 4. The summed E-state index contributed by atoms with van der Waals surface area (Å²) in [7, 11) is 0. The number of halogens is 4. The lowest BCUT2D eigenvalue weighted by Crippen LogP contribution is -2.20. The first kappa shape index (κ1) is 21.8. The molecule has 0 unspecified atom stereocenters. The maximum atomic E-state index is 5.69. The van der Waals surface area contributed by atoms with E-state index in [0.29, 0.717) is 11.5 Å². The molecule has 26 heavy (non-hydrogen) atoms. The summed E-state index contributed by atoms with van der Waals surface area (Å²) >= 11 is 22.2. The van der Waals surface area contributed by atoms with Crippen molar-refractivity contribution < 1.29 is 9.47 Å². The van der Waals surface area contributed by atoms with Gasteiger partial charge < -0.3 is 20.9 Å². The molecule has 0 spiro atoms. The molecule has 0 saturated carbocycles. The van der Waals surface area contributed by atoms with E-state index in [2.05, 4.69) is 33.1 Å². The van der Waals surface area contributed by atoms with E-state index < -0.39 is 0 Å². The zero-order valence-electron chi connectivity index (χ0n) is 13.0. The van der Waals surface area contributed by atoms with Crippen molar-refractivity contribution in [1.29, 1.82) is 0 Å². The molecular formula is C14H12Cl4N6O2. The maximum Gasteiger partial charge on any atom is 0.295 e. The van der Waals surface area contributed by atoms with Crippen LogP contribution in [0, 0.1) is 0 Å². The first-order valence-corrected chi connectivity index (χ1v) is 7.98. The van der Waals surface area contributed by atoms with Crippen LogP contribution < -0.4 is 20.9 Å². The second-order valence-electron chi connectivity index (χ2n) is 4.10. The van der Waals surface area contributed by atoms with E-state index in [9.17, 15) is 0 Å². The third-order valence-corrected chi connectivity index (χ3v) is 2.60. The average molecular weight is 438 g/mol. The van der Waals surface area contributed by atoms with Crippen LogP contribution in [-0.2, 0) is 0 Å². The van der Waals surface area contributed by atoms with Crippen LogP contribution in [0.25, 0.3) is 0 Å². The van der Waals surface area contributed by atoms with Crippen LogP contribution >= 0.6 is 46.4 Å². The number of nitrogens with two attached hydrogens (primary N) is 2. The van der Waals surface area contributed by atoms with Crippen LogP contribution in [0.15, 0.2) is 68.4 Å². The van der Waals surface area contributed by atoms with Gasteiger partial charge in [0.1, 0.15) is 16.7 Å². The topological polar surface area (TPSA) is 120 Å². The molecule has 0 radical (unpaired) electrons. The molecule has 0 bridgehead atoms. The van der Waals surface area contributed by atoms with Crippen molar-refractivity contribution in [2.75, 3.05) is 0 Å². The van der Waals surface area contributed by atoms with Gasteiger partial charge in [-0.1, -0.05) is 24.2 Å². The third kappa shape index (κ3) is 9.28. The van der Waals surface area contributed by atoms with Gasteiger partial charge in [-0.2, -0.15) is 15.0 Å². The molecular weight excluding hydrogens is 426 g/mol. The molecule has 1 rings (SSSR count). The smallest absolute Gasteiger partial charge is 0.295 e. The highest BCUT2D eigenvalue weighted by Crippen LogP contribution is 2.21. The fourth-order valence-electron chi connectivity index (χ4n) is 1.34. The maximum absolute atomic E-state index is 5.69. The molecule has 4 N–H and O–H groups in total. The van der Waals surface area contributed by atoms with Gasteiger partial charge in [-0.15, -0.1) is 0 Å². The highest BCUT2D eigenvalue weighted by atomic mass is 35.5. The molecule has 0 saturated heterocycles. The fraction of sp³-hybridized carbons (Fsp3) is 0. The molecule has 0 atom stereocenters. The summed E-state index contributed by atoms with van der Waals surface area (Å²) in [6.45, 7) is 6.90. The molecule has 0 fully saturated rings. The normalized spacial score (nSPS) is 13.4. The van der Waals surface area contributed by atoms with Crippen molar-refractivity contribution in [3.63, 3.8) is 0 Å². The minimum atomic E-state index is -0.281.